The van der Waals surface area contributed by atoms with Crippen molar-refractivity contribution in [3.8, 4) is 0 Å². The van der Waals surface area contributed by atoms with E-state index in [1.54, 1.807) is 0 Å². The SMILES string of the molecule is c1ccc(P(CC[Si]23O[Si]4(C5CCCC5)O[Si]5(C6CCCC6)O[Si](C6CCCC6)(O2)O[Si]2(C6CCCC6)O[Si](C6CCCC6)(O3)O[Si](C3CCCC3)(O4)O[Si](C3CCCC3)(O5)O2)c2ccccc2)cc1. The molecule has 6 heterocycles. The van der Waals surface area contributed by atoms with Crippen LogP contribution in [0.2, 0.25) is 44.8 Å². The standard InChI is InChI=1S/C49H77O12PSi8/c1-3-21-41(22-4-1)62(42-23-5-2-6-24-42)39-40-63-50-64(43-25-7-8-26-43)53-67(46-31-13-14-32-46)55-65(51-63,44-27-9-10-28-44)57-69(48-35-17-18-36-48)58-66(52-63,45-29-11-12-30-45)56-68(54-64,47-33-15-16-34-47)60-70(59-67,61-69)49-37-19-20-38-49/h1-6,21-24,43-49H,7-20,25-40H2. The Bertz CT molecular complexity index is 1950. The maximum atomic E-state index is 8.64. The molecule has 2 aromatic carbocycles. The average molecular weight is 1110 g/mol. The molecule has 6 aliphatic heterocycles. The summed E-state index contributed by atoms with van der Waals surface area (Å²) in [5, 5.41) is 2.67. The summed E-state index contributed by atoms with van der Waals surface area (Å²) in [6, 6.07) is 22.8. The summed E-state index contributed by atoms with van der Waals surface area (Å²) in [5.74, 6) is 0. The molecule has 0 amide bonds. The first-order chi connectivity index (χ1) is 34.3. The monoisotopic (exact) mass is 1110 g/mol. The molecule has 13 fully saturated rings. The fourth-order valence-corrected chi connectivity index (χ4v) is 75.0. The van der Waals surface area contributed by atoms with E-state index in [0.29, 0.717) is 6.04 Å². The Labute approximate surface area is 427 Å². The summed E-state index contributed by atoms with van der Waals surface area (Å²) in [5.41, 5.74) is 0.296. The van der Waals surface area contributed by atoms with Gasteiger partial charge in [0.05, 0.1) is 0 Å². The Balaban J connectivity index is 1.05. The molecule has 0 spiro atoms. The summed E-state index contributed by atoms with van der Waals surface area (Å²) < 4.78 is 103. The maximum Gasteiger partial charge on any atom is 0.482 e. The third-order valence-electron chi connectivity index (χ3n) is 19.2. The van der Waals surface area contributed by atoms with Crippen molar-refractivity contribution in [3.63, 3.8) is 0 Å². The molecule has 0 N–H and O–H groups in total. The van der Waals surface area contributed by atoms with E-state index in [0.717, 1.165) is 186 Å². The van der Waals surface area contributed by atoms with E-state index >= 15 is 0 Å². The lowest BCUT2D eigenvalue weighted by molar-refractivity contribution is -0.0454. The van der Waals surface area contributed by atoms with Crippen molar-refractivity contribution in [2.75, 3.05) is 6.16 Å². The molecule has 0 aromatic heterocycles. The van der Waals surface area contributed by atoms with Crippen LogP contribution in [0.25, 0.3) is 0 Å². The molecule has 0 radical (unpaired) electrons. The van der Waals surface area contributed by atoms with Gasteiger partial charge in [-0.2, -0.15) is 0 Å². The van der Waals surface area contributed by atoms with Crippen molar-refractivity contribution < 1.29 is 49.4 Å². The van der Waals surface area contributed by atoms with Crippen LogP contribution in [0.1, 0.15) is 180 Å². The Kier molecular flexibility index (Phi) is 13.1. The highest BCUT2D eigenvalue weighted by Gasteiger charge is 2.88. The molecule has 7 saturated carbocycles. The van der Waals surface area contributed by atoms with E-state index in [2.05, 4.69) is 60.7 Å². The molecule has 15 rings (SSSR count). The van der Waals surface area contributed by atoms with Gasteiger partial charge < -0.3 is 49.4 Å². The maximum absolute atomic E-state index is 8.64. The summed E-state index contributed by atoms with van der Waals surface area (Å²) in [4.78, 5) is 0. The highest BCUT2D eigenvalue weighted by Crippen LogP contribution is 2.66. The number of hydrogen-bond acceptors (Lipinski definition) is 12. The summed E-state index contributed by atoms with van der Waals surface area (Å²) in [6.07, 6.45) is 29.9. The smallest absolute Gasteiger partial charge is 0.373 e. The van der Waals surface area contributed by atoms with Crippen LogP contribution in [0.3, 0.4) is 0 Å². The largest absolute Gasteiger partial charge is 0.482 e. The van der Waals surface area contributed by atoms with Gasteiger partial charge >= 0.3 is 70.4 Å². The number of rotatable bonds is 12. The van der Waals surface area contributed by atoms with Gasteiger partial charge in [0.1, 0.15) is 0 Å². The van der Waals surface area contributed by atoms with E-state index < -0.39 is 78.4 Å². The molecule has 2 aromatic rings. The van der Waals surface area contributed by atoms with E-state index in [1.807, 2.05) is 0 Å². The molecule has 0 atom stereocenters. The third-order valence-corrected chi connectivity index (χ3v) is 61.7. The molecule has 6 saturated heterocycles. The molecule has 13 aliphatic rings. The Morgan fingerprint density at radius 1 is 0.286 bits per heavy atom. The van der Waals surface area contributed by atoms with Gasteiger partial charge in [-0.25, -0.2) is 0 Å². The quantitative estimate of drug-likeness (QED) is 0.149. The van der Waals surface area contributed by atoms with Gasteiger partial charge in [-0.1, -0.05) is 151 Å². The first-order valence-electron chi connectivity index (χ1n) is 28.6. The van der Waals surface area contributed by atoms with Gasteiger partial charge in [-0.15, -0.1) is 0 Å². The summed E-state index contributed by atoms with van der Waals surface area (Å²) in [7, 11) is -32.8. The van der Waals surface area contributed by atoms with Crippen molar-refractivity contribution in [1.29, 1.82) is 0 Å². The fraction of sp³-hybridized carbons (Fsp3) is 0.755. The third kappa shape index (κ3) is 8.23. The first kappa shape index (κ1) is 48.5. The Hall–Kier alpha value is 0.125. The molecule has 21 heteroatoms. The number of hydrogen-bond donors (Lipinski definition) is 0. The van der Waals surface area contributed by atoms with Crippen LogP contribution in [0, 0.1) is 0 Å². The minimum absolute atomic E-state index is 0.0276. The second-order valence-electron chi connectivity index (χ2n) is 23.6. The van der Waals surface area contributed by atoms with Gasteiger partial charge in [0.25, 0.3) is 0 Å². The van der Waals surface area contributed by atoms with Gasteiger partial charge in [0.15, 0.2) is 0 Å². The minimum Gasteiger partial charge on any atom is -0.373 e. The molecular formula is C49H77O12PSi8. The van der Waals surface area contributed by atoms with Gasteiger partial charge in [-0.3, -0.25) is 0 Å². The van der Waals surface area contributed by atoms with Crippen LogP contribution in [0.4, 0.5) is 0 Å². The topological polar surface area (TPSA) is 111 Å². The van der Waals surface area contributed by atoms with Crippen LogP contribution in [-0.2, 0) is 49.4 Å². The molecule has 7 aliphatic carbocycles. The van der Waals surface area contributed by atoms with E-state index in [-0.39, 0.29) is 38.8 Å². The normalized spacial score (nSPS) is 43.4. The molecule has 70 heavy (non-hydrogen) atoms. The van der Waals surface area contributed by atoms with E-state index in [1.165, 1.54) is 10.6 Å². The van der Waals surface area contributed by atoms with Gasteiger partial charge in [0, 0.05) is 44.8 Å². The molecule has 8 bridgehead atoms. The average Bonchev–Trinajstić information content (AvgIpc) is 4.19. The lowest BCUT2D eigenvalue weighted by Crippen LogP contribution is -2.90. The van der Waals surface area contributed by atoms with Crippen molar-refractivity contribution in [1.82, 2.24) is 0 Å². The second kappa shape index (κ2) is 18.9. The summed E-state index contributed by atoms with van der Waals surface area (Å²) >= 11 is 0. The fourth-order valence-electron chi connectivity index (χ4n) is 15.7. The molecular weight excluding hydrogens is 1040 g/mol. The number of benzene rings is 2. The van der Waals surface area contributed by atoms with E-state index in [9.17, 15) is 0 Å². The Morgan fingerprint density at radius 3 is 0.700 bits per heavy atom. The molecule has 12 nitrogen and oxygen atoms in total. The van der Waals surface area contributed by atoms with Crippen LogP contribution in [0.15, 0.2) is 60.7 Å². The predicted octanol–water partition coefficient (Wildman–Crippen LogP) is 12.5. The molecule has 382 valence electrons. The van der Waals surface area contributed by atoms with Gasteiger partial charge in [-0.05, 0) is 115 Å². The summed E-state index contributed by atoms with van der Waals surface area (Å²) in [6.45, 7) is 0. The second-order valence-corrected chi connectivity index (χ2v) is 51.7. The lowest BCUT2D eigenvalue weighted by Gasteiger charge is -2.66. The van der Waals surface area contributed by atoms with E-state index in [4.69, 9.17) is 49.4 Å². The zero-order chi connectivity index (χ0) is 46.5. The Morgan fingerprint density at radius 2 is 0.486 bits per heavy atom. The zero-order valence-electron chi connectivity index (χ0n) is 41.4. The lowest BCUT2D eigenvalue weighted by atomic mass is 10.4. The highest BCUT2D eigenvalue weighted by atomic mass is 31.1. The first-order valence-corrected chi connectivity index (χ1v) is 44.6. The van der Waals surface area contributed by atoms with Crippen molar-refractivity contribution >= 4 is 89.0 Å². The zero-order valence-corrected chi connectivity index (χ0v) is 50.3. The van der Waals surface area contributed by atoms with Crippen molar-refractivity contribution in [3.05, 3.63) is 60.7 Å². The highest BCUT2D eigenvalue weighted by molar-refractivity contribution is 7.73. The minimum atomic E-state index is -4.10. The van der Waals surface area contributed by atoms with Crippen LogP contribution < -0.4 is 10.6 Å². The van der Waals surface area contributed by atoms with Crippen molar-refractivity contribution in [2.24, 2.45) is 0 Å². The van der Waals surface area contributed by atoms with Crippen LogP contribution in [-0.4, -0.2) is 76.6 Å². The van der Waals surface area contributed by atoms with Crippen LogP contribution >= 0.6 is 7.92 Å². The molecule has 0 unspecified atom stereocenters. The van der Waals surface area contributed by atoms with Crippen LogP contribution in [0.5, 0.6) is 0 Å². The van der Waals surface area contributed by atoms with Crippen molar-refractivity contribution in [2.45, 2.75) is 225 Å². The predicted molar refractivity (Wildman–Crippen MR) is 283 cm³/mol. The van der Waals surface area contributed by atoms with Gasteiger partial charge in [0.2, 0.25) is 0 Å².